The molecule has 1 aliphatic heterocycles. The third-order valence-corrected chi connectivity index (χ3v) is 5.85. The average molecular weight is 350 g/mol. The number of hydrogen-bond acceptors (Lipinski definition) is 3. The lowest BCUT2D eigenvalue weighted by molar-refractivity contribution is -0.136. The Morgan fingerprint density at radius 3 is 2.73 bits per heavy atom. The van der Waals surface area contributed by atoms with E-state index in [4.69, 9.17) is 5.21 Å². The van der Waals surface area contributed by atoms with Crippen molar-refractivity contribution in [1.82, 2.24) is 10.4 Å². The molecule has 2 aromatic rings. The molecule has 5 heteroatoms. The van der Waals surface area contributed by atoms with E-state index in [1.807, 2.05) is 23.1 Å². The summed E-state index contributed by atoms with van der Waals surface area (Å²) in [4.78, 5) is 26.8. The topological polar surface area (TPSA) is 69.6 Å². The monoisotopic (exact) mass is 350 g/mol. The second kappa shape index (κ2) is 6.25. The number of carbonyl (C=O) groups excluding carboxylic acids is 2. The van der Waals surface area contributed by atoms with Gasteiger partial charge in [0.15, 0.2) is 0 Å². The van der Waals surface area contributed by atoms with Gasteiger partial charge in [-0.25, -0.2) is 5.48 Å². The zero-order valence-electron chi connectivity index (χ0n) is 14.8. The molecule has 1 fully saturated rings. The fourth-order valence-electron chi connectivity index (χ4n) is 4.33. The molecule has 134 valence electrons. The Morgan fingerprint density at radius 2 is 1.96 bits per heavy atom. The fraction of sp³-hybridized carbons (Fsp3) is 0.333. The van der Waals surface area contributed by atoms with Crippen LogP contribution in [0.4, 0.5) is 0 Å². The second-order valence-corrected chi connectivity index (χ2v) is 7.46. The van der Waals surface area contributed by atoms with Crippen molar-refractivity contribution in [2.24, 2.45) is 5.41 Å². The minimum absolute atomic E-state index is 0.213. The molecule has 0 aromatic heterocycles. The van der Waals surface area contributed by atoms with Crippen LogP contribution in [0, 0.1) is 12.3 Å². The van der Waals surface area contributed by atoms with Crippen molar-refractivity contribution in [1.29, 1.82) is 0 Å². The molecule has 0 bridgehead atoms. The number of hydroxylamine groups is 1. The van der Waals surface area contributed by atoms with Crippen molar-refractivity contribution in [2.45, 2.75) is 32.7 Å². The summed E-state index contributed by atoms with van der Waals surface area (Å²) in [7, 11) is 0. The Bertz CT molecular complexity index is 893. The summed E-state index contributed by atoms with van der Waals surface area (Å²) in [6, 6.07) is 13.6. The SMILES string of the molecule is Cc1ccccc1CN1CCC2(Cc3ccc(C(=O)NO)cc3C2)C1=O. The van der Waals surface area contributed by atoms with Crippen LogP contribution in [0.2, 0.25) is 0 Å². The molecule has 1 spiro atoms. The number of carbonyl (C=O) groups is 2. The van der Waals surface area contributed by atoms with Gasteiger partial charge in [-0.05, 0) is 60.6 Å². The highest BCUT2D eigenvalue weighted by Gasteiger charge is 2.50. The minimum Gasteiger partial charge on any atom is -0.338 e. The number of nitrogens with zero attached hydrogens (tertiary/aromatic N) is 1. The lowest BCUT2D eigenvalue weighted by Gasteiger charge is -2.23. The Kier molecular flexibility index (Phi) is 4.04. The van der Waals surface area contributed by atoms with Crippen LogP contribution in [-0.4, -0.2) is 28.5 Å². The number of fused-ring (bicyclic) bond motifs is 1. The molecule has 0 radical (unpaired) electrons. The Morgan fingerprint density at radius 1 is 1.19 bits per heavy atom. The summed E-state index contributed by atoms with van der Waals surface area (Å²) in [5.74, 6) is -0.308. The maximum atomic E-state index is 13.2. The zero-order chi connectivity index (χ0) is 18.3. The standard InChI is InChI=1S/C21H22N2O3/c1-14-4-2-3-5-17(14)13-23-9-8-21(20(23)25)11-16-7-6-15(19(24)22-26)10-18(16)12-21/h2-7,10,26H,8-9,11-13H2,1H3,(H,22,24). The number of hydrogen-bond donors (Lipinski definition) is 2. The van der Waals surface area contributed by atoms with Crippen LogP contribution in [-0.2, 0) is 24.2 Å². The highest BCUT2D eigenvalue weighted by molar-refractivity contribution is 5.94. The lowest BCUT2D eigenvalue weighted by atomic mass is 9.83. The minimum atomic E-state index is -0.521. The summed E-state index contributed by atoms with van der Waals surface area (Å²) in [5, 5.41) is 8.82. The van der Waals surface area contributed by atoms with Crippen molar-refractivity contribution in [3.05, 3.63) is 70.3 Å². The van der Waals surface area contributed by atoms with Gasteiger partial charge < -0.3 is 4.90 Å². The molecule has 1 aliphatic carbocycles. The van der Waals surface area contributed by atoms with E-state index >= 15 is 0 Å². The summed E-state index contributed by atoms with van der Waals surface area (Å²) < 4.78 is 0. The van der Waals surface area contributed by atoms with E-state index in [1.165, 1.54) is 11.1 Å². The predicted molar refractivity (Wildman–Crippen MR) is 96.7 cm³/mol. The summed E-state index contributed by atoms with van der Waals surface area (Å²) in [6.45, 7) is 3.50. The predicted octanol–water partition coefficient (Wildman–Crippen LogP) is 2.63. The van der Waals surface area contributed by atoms with E-state index in [-0.39, 0.29) is 11.3 Å². The molecule has 26 heavy (non-hydrogen) atoms. The number of aryl methyl sites for hydroxylation is 1. The maximum Gasteiger partial charge on any atom is 0.274 e. The highest BCUT2D eigenvalue weighted by Crippen LogP contribution is 2.45. The van der Waals surface area contributed by atoms with E-state index in [0.717, 1.165) is 30.5 Å². The molecule has 1 saturated heterocycles. The Balaban J connectivity index is 1.54. The van der Waals surface area contributed by atoms with Gasteiger partial charge in [-0.3, -0.25) is 14.8 Å². The number of likely N-dealkylation sites (tertiary alicyclic amines) is 1. The third kappa shape index (κ3) is 2.69. The lowest BCUT2D eigenvalue weighted by Crippen LogP contribution is -2.35. The van der Waals surface area contributed by atoms with Crippen molar-refractivity contribution < 1.29 is 14.8 Å². The first-order valence-corrected chi connectivity index (χ1v) is 8.92. The molecule has 1 unspecified atom stereocenters. The van der Waals surface area contributed by atoms with Crippen molar-refractivity contribution >= 4 is 11.8 Å². The van der Waals surface area contributed by atoms with Crippen LogP contribution < -0.4 is 5.48 Å². The summed E-state index contributed by atoms with van der Waals surface area (Å²) >= 11 is 0. The third-order valence-electron chi connectivity index (χ3n) is 5.85. The Labute approximate surface area is 152 Å². The number of nitrogens with one attached hydrogen (secondary N) is 1. The second-order valence-electron chi connectivity index (χ2n) is 7.46. The van der Waals surface area contributed by atoms with Crippen LogP contribution in [0.25, 0.3) is 0 Å². The fourth-order valence-corrected chi connectivity index (χ4v) is 4.33. The first kappa shape index (κ1) is 16.8. The summed E-state index contributed by atoms with van der Waals surface area (Å²) in [6.07, 6.45) is 2.23. The molecular weight excluding hydrogens is 328 g/mol. The van der Waals surface area contributed by atoms with Gasteiger partial charge in [-0.2, -0.15) is 0 Å². The molecular formula is C21H22N2O3. The highest BCUT2D eigenvalue weighted by atomic mass is 16.5. The van der Waals surface area contributed by atoms with Gasteiger partial charge in [0, 0.05) is 18.7 Å². The Hall–Kier alpha value is -2.66. The van der Waals surface area contributed by atoms with Crippen molar-refractivity contribution in [3.8, 4) is 0 Å². The zero-order valence-corrected chi connectivity index (χ0v) is 14.8. The van der Waals surface area contributed by atoms with Gasteiger partial charge in [0.05, 0.1) is 5.41 Å². The van der Waals surface area contributed by atoms with Crippen molar-refractivity contribution in [3.63, 3.8) is 0 Å². The van der Waals surface area contributed by atoms with Crippen molar-refractivity contribution in [2.75, 3.05) is 6.54 Å². The van der Waals surface area contributed by atoms with Crippen LogP contribution in [0.1, 0.15) is 39.0 Å². The smallest absolute Gasteiger partial charge is 0.274 e. The largest absolute Gasteiger partial charge is 0.338 e. The van der Waals surface area contributed by atoms with Gasteiger partial charge in [0.1, 0.15) is 0 Å². The van der Waals surface area contributed by atoms with Crippen LogP contribution in [0.5, 0.6) is 0 Å². The van der Waals surface area contributed by atoms with E-state index in [1.54, 1.807) is 17.6 Å². The van der Waals surface area contributed by atoms with Gasteiger partial charge in [0.25, 0.3) is 5.91 Å². The molecule has 2 aliphatic rings. The maximum absolute atomic E-state index is 13.2. The van der Waals surface area contributed by atoms with Gasteiger partial charge in [-0.15, -0.1) is 0 Å². The molecule has 2 aromatic carbocycles. The van der Waals surface area contributed by atoms with E-state index in [2.05, 4.69) is 19.1 Å². The van der Waals surface area contributed by atoms with Gasteiger partial charge in [-0.1, -0.05) is 30.3 Å². The number of amides is 2. The molecule has 2 amide bonds. The quantitative estimate of drug-likeness (QED) is 0.660. The number of rotatable bonds is 3. The molecule has 4 rings (SSSR count). The van der Waals surface area contributed by atoms with Crippen LogP contribution in [0.3, 0.4) is 0 Å². The van der Waals surface area contributed by atoms with Crippen LogP contribution >= 0.6 is 0 Å². The molecule has 1 heterocycles. The molecule has 0 saturated carbocycles. The first-order chi connectivity index (χ1) is 12.5. The molecule has 2 N–H and O–H groups in total. The van der Waals surface area contributed by atoms with Gasteiger partial charge >= 0.3 is 0 Å². The van der Waals surface area contributed by atoms with Crippen LogP contribution in [0.15, 0.2) is 42.5 Å². The summed E-state index contributed by atoms with van der Waals surface area (Å²) in [5.41, 5.74) is 6.28. The normalized spacial score (nSPS) is 21.3. The van der Waals surface area contributed by atoms with E-state index in [0.29, 0.717) is 18.5 Å². The van der Waals surface area contributed by atoms with E-state index < -0.39 is 5.91 Å². The number of benzene rings is 2. The first-order valence-electron chi connectivity index (χ1n) is 8.92. The van der Waals surface area contributed by atoms with Gasteiger partial charge in [0.2, 0.25) is 5.91 Å². The molecule has 1 atom stereocenters. The van der Waals surface area contributed by atoms with E-state index in [9.17, 15) is 9.59 Å². The molecule has 5 nitrogen and oxygen atoms in total. The average Bonchev–Trinajstić information content (AvgIpc) is 3.17.